The first-order valence-electron chi connectivity index (χ1n) is 23.8. The van der Waals surface area contributed by atoms with Gasteiger partial charge in [0.1, 0.15) is 0 Å². The summed E-state index contributed by atoms with van der Waals surface area (Å²) in [4.78, 5) is 0. The van der Waals surface area contributed by atoms with Crippen LogP contribution in [0.1, 0.15) is 258 Å². The lowest BCUT2D eigenvalue weighted by molar-refractivity contribution is -0.888. The number of aliphatic hydroxyl groups is 1. The summed E-state index contributed by atoms with van der Waals surface area (Å²) < 4.78 is 0.762. The molecule has 0 heterocycles. The van der Waals surface area contributed by atoms with Crippen LogP contribution < -0.4 is 0 Å². The molecule has 0 aromatic rings. The van der Waals surface area contributed by atoms with Crippen molar-refractivity contribution in [1.29, 1.82) is 0 Å². The lowest BCUT2D eigenvalue weighted by atomic mass is 9.88. The van der Waals surface area contributed by atoms with Gasteiger partial charge in [-0.15, -0.1) is 0 Å². The third-order valence-electron chi connectivity index (χ3n) is 11.5. The van der Waals surface area contributed by atoms with E-state index in [0.29, 0.717) is 0 Å². The van der Waals surface area contributed by atoms with Crippen molar-refractivity contribution in [3.63, 3.8) is 0 Å². The Labute approximate surface area is 332 Å². The van der Waals surface area contributed by atoms with Crippen LogP contribution in [0.15, 0.2) is 24.3 Å². The molecule has 0 aliphatic carbocycles. The highest BCUT2D eigenvalue weighted by Crippen LogP contribution is 2.34. The molecule has 0 fully saturated rings. The molecule has 0 spiro atoms. The highest BCUT2D eigenvalue weighted by Gasteiger charge is 2.35. The first-order chi connectivity index (χ1) is 25.3. The van der Waals surface area contributed by atoms with Gasteiger partial charge in [0.2, 0.25) is 0 Å². The lowest BCUT2D eigenvalue weighted by Crippen LogP contribution is -2.55. The van der Waals surface area contributed by atoms with Crippen LogP contribution in [0.2, 0.25) is 0 Å². The third-order valence-corrected chi connectivity index (χ3v) is 12.8. The minimum atomic E-state index is -0.609. The highest BCUT2D eigenvalue weighted by molar-refractivity contribution is 7.17. The standard InChI is InChI=1S/C49H98NOP/c1-6-8-10-12-14-16-18-20-22-24-26-28-30-32-34-36-38-40-42-44-46-49(51,48(52)50(3,4)5)47-45-43-41-39-37-35-33-31-29-27-25-23-21-19-17-15-13-11-9-7-2/h20-23,48,51-52H,6-19,24-47H2,1-5H3/b22-20-,23-21-. The summed E-state index contributed by atoms with van der Waals surface area (Å²) >= 11 is 0. The van der Waals surface area contributed by atoms with E-state index in [2.05, 4.69) is 68.5 Å². The van der Waals surface area contributed by atoms with Gasteiger partial charge in [0.25, 0.3) is 0 Å². The van der Waals surface area contributed by atoms with Crippen LogP contribution in [-0.4, -0.2) is 42.1 Å². The minimum Gasteiger partial charge on any atom is -0.489 e. The van der Waals surface area contributed by atoms with Gasteiger partial charge in [0.05, 0.1) is 26.7 Å². The number of nitrogens with zero attached hydrogens (tertiary/aromatic N) is 1. The maximum atomic E-state index is 11.8. The number of unbranched alkanes of at least 4 members (excludes halogenated alkanes) is 32. The number of quaternary nitrogens is 1. The molecule has 0 rings (SSSR count). The molecule has 310 valence electrons. The molecule has 1 atom stereocenters. The van der Waals surface area contributed by atoms with Crippen molar-refractivity contribution in [2.24, 2.45) is 0 Å². The quantitative estimate of drug-likeness (QED) is 0.0285. The molecule has 0 saturated heterocycles. The minimum absolute atomic E-state index is 0.0825. The highest BCUT2D eigenvalue weighted by atomic mass is 31.0. The van der Waals surface area contributed by atoms with Crippen molar-refractivity contribution in [2.75, 3.05) is 21.1 Å². The van der Waals surface area contributed by atoms with E-state index in [0.717, 1.165) is 30.2 Å². The number of allylic oxidation sites excluding steroid dienone is 4. The van der Waals surface area contributed by atoms with Gasteiger partial charge in [-0.2, -0.15) is 0 Å². The van der Waals surface area contributed by atoms with E-state index in [-0.39, 0.29) is 5.78 Å². The SMILES string of the molecule is CCCCCCCC/C=C\CCCCCCCCCCCCC(O)(CCCCCCCCCCCC/C=C\CCCCCCCC)C([PH-])[N+](C)(C)C. The summed E-state index contributed by atoms with van der Waals surface area (Å²) in [7, 11) is 10.6. The van der Waals surface area contributed by atoms with Gasteiger partial charge in [0.15, 0.2) is 0 Å². The van der Waals surface area contributed by atoms with Crippen LogP contribution in [0.25, 0.3) is 0 Å². The average molecular weight is 748 g/mol. The van der Waals surface area contributed by atoms with Crippen molar-refractivity contribution in [2.45, 2.75) is 269 Å². The Morgan fingerprint density at radius 1 is 0.385 bits per heavy atom. The van der Waals surface area contributed by atoms with Gasteiger partial charge >= 0.3 is 0 Å². The van der Waals surface area contributed by atoms with Gasteiger partial charge in [-0.3, -0.25) is 0 Å². The molecule has 3 heteroatoms. The number of likely N-dealkylation sites (N-methyl/N-ethyl adjacent to an activating group) is 1. The summed E-state index contributed by atoms with van der Waals surface area (Å²) in [5, 5.41) is 11.8. The number of hydrogen-bond acceptors (Lipinski definition) is 1. The Bertz CT molecular complexity index is 705. The summed E-state index contributed by atoms with van der Waals surface area (Å²) in [6.07, 6.45) is 60.5. The Balaban J connectivity index is 3.81. The van der Waals surface area contributed by atoms with Crippen LogP contribution in [0.4, 0.5) is 0 Å². The van der Waals surface area contributed by atoms with E-state index in [1.54, 1.807) is 0 Å². The molecule has 0 aromatic heterocycles. The molecular weight excluding hydrogens is 650 g/mol. The topological polar surface area (TPSA) is 20.2 Å². The fourth-order valence-corrected chi connectivity index (χ4v) is 8.18. The fraction of sp³-hybridized carbons (Fsp3) is 0.918. The monoisotopic (exact) mass is 748 g/mol. The molecule has 0 radical (unpaired) electrons. The van der Waals surface area contributed by atoms with E-state index in [1.165, 1.54) is 218 Å². The molecule has 0 aliphatic heterocycles. The molecule has 0 amide bonds. The van der Waals surface area contributed by atoms with Crippen molar-refractivity contribution >= 4 is 9.24 Å². The molecule has 0 saturated carbocycles. The summed E-state index contributed by atoms with van der Waals surface area (Å²) in [5.74, 6) is 0.0825. The number of rotatable bonds is 42. The molecular formula is C49H98NOP. The zero-order valence-corrected chi connectivity index (χ0v) is 37.7. The lowest BCUT2D eigenvalue weighted by Gasteiger charge is -2.49. The normalized spacial score (nSPS) is 13.3. The first-order valence-corrected chi connectivity index (χ1v) is 24.4. The summed E-state index contributed by atoms with van der Waals surface area (Å²) in [6, 6.07) is 0. The van der Waals surface area contributed by atoms with Gasteiger partial charge in [-0.25, -0.2) is 0 Å². The molecule has 2 nitrogen and oxygen atoms in total. The maximum absolute atomic E-state index is 11.8. The second kappa shape index (κ2) is 39.1. The summed E-state index contributed by atoms with van der Waals surface area (Å²) in [5.41, 5.74) is -0.609. The van der Waals surface area contributed by atoms with E-state index < -0.39 is 5.60 Å². The zero-order chi connectivity index (χ0) is 38.3. The second-order valence-electron chi connectivity index (χ2n) is 17.8. The van der Waals surface area contributed by atoms with E-state index in [1.807, 2.05) is 0 Å². The average Bonchev–Trinajstić information content (AvgIpc) is 3.12. The van der Waals surface area contributed by atoms with Crippen LogP contribution in [0, 0.1) is 0 Å². The van der Waals surface area contributed by atoms with Crippen LogP contribution >= 0.6 is 9.24 Å². The second-order valence-corrected chi connectivity index (χ2v) is 18.4. The fourth-order valence-electron chi connectivity index (χ4n) is 7.89. The van der Waals surface area contributed by atoms with Crippen LogP contribution in [-0.2, 0) is 0 Å². The first kappa shape index (κ1) is 51.8. The van der Waals surface area contributed by atoms with Crippen molar-refractivity contribution in [3.8, 4) is 0 Å². The summed E-state index contributed by atoms with van der Waals surface area (Å²) in [6.45, 7) is 4.59. The number of hydrogen-bond donors (Lipinski definition) is 1. The Kier molecular flexibility index (Phi) is 39.0. The molecule has 52 heavy (non-hydrogen) atoms. The van der Waals surface area contributed by atoms with Crippen molar-refractivity contribution in [1.82, 2.24) is 0 Å². The van der Waals surface area contributed by atoms with Crippen LogP contribution in [0.3, 0.4) is 0 Å². The largest absolute Gasteiger partial charge is 0.489 e. The van der Waals surface area contributed by atoms with Crippen molar-refractivity contribution in [3.05, 3.63) is 24.3 Å². The maximum Gasteiger partial charge on any atom is 0.0878 e. The molecule has 1 N–H and O–H groups in total. The van der Waals surface area contributed by atoms with Crippen molar-refractivity contribution < 1.29 is 9.59 Å². The zero-order valence-electron chi connectivity index (χ0n) is 36.7. The molecule has 0 bridgehead atoms. The smallest absolute Gasteiger partial charge is 0.0878 e. The third kappa shape index (κ3) is 35.5. The predicted molar refractivity (Wildman–Crippen MR) is 240 cm³/mol. The van der Waals surface area contributed by atoms with E-state index >= 15 is 0 Å². The van der Waals surface area contributed by atoms with E-state index in [9.17, 15) is 5.11 Å². The molecule has 1 unspecified atom stereocenters. The van der Waals surface area contributed by atoms with Gasteiger partial charge in [-0.1, -0.05) is 218 Å². The Morgan fingerprint density at radius 2 is 0.596 bits per heavy atom. The molecule has 0 aliphatic rings. The van der Waals surface area contributed by atoms with E-state index in [4.69, 9.17) is 0 Å². The van der Waals surface area contributed by atoms with Gasteiger partial charge < -0.3 is 18.8 Å². The Morgan fingerprint density at radius 3 is 0.827 bits per heavy atom. The predicted octanol–water partition coefficient (Wildman–Crippen LogP) is 16.9. The van der Waals surface area contributed by atoms with Crippen LogP contribution in [0.5, 0.6) is 0 Å². The van der Waals surface area contributed by atoms with Gasteiger partial charge in [0, 0.05) is 0 Å². The van der Waals surface area contributed by atoms with Gasteiger partial charge in [-0.05, 0) is 70.0 Å². The molecule has 0 aromatic carbocycles. The Hall–Kier alpha value is -0.170.